The van der Waals surface area contributed by atoms with Gasteiger partial charge in [-0.25, -0.2) is 12.8 Å². The first-order chi connectivity index (χ1) is 10.5. The van der Waals surface area contributed by atoms with E-state index < -0.39 is 15.8 Å². The maximum atomic E-state index is 13.5. The lowest BCUT2D eigenvalue weighted by molar-refractivity contribution is 0.602. The molecular weight excluding hydrogens is 369 g/mol. The largest absolute Gasteiger partial charge is 0.280 e. The molecule has 3 rings (SSSR count). The minimum atomic E-state index is -3.80. The highest BCUT2D eigenvalue weighted by atomic mass is 79.9. The van der Waals surface area contributed by atoms with E-state index in [-0.39, 0.29) is 15.1 Å². The highest BCUT2D eigenvalue weighted by molar-refractivity contribution is 9.10. The molecule has 0 amide bonds. The van der Waals surface area contributed by atoms with Crippen LogP contribution in [0.3, 0.4) is 0 Å². The fourth-order valence-corrected chi connectivity index (χ4v) is 3.73. The van der Waals surface area contributed by atoms with Crippen molar-refractivity contribution >= 4 is 42.4 Å². The fourth-order valence-electron chi connectivity index (χ4n) is 2.20. The third-order valence-electron chi connectivity index (χ3n) is 3.21. The Labute approximate surface area is 136 Å². The molecule has 0 saturated carbocycles. The highest BCUT2D eigenvalue weighted by Gasteiger charge is 2.17. The van der Waals surface area contributed by atoms with Crippen molar-refractivity contribution in [3.05, 3.63) is 71.0 Å². The number of hydrogen-bond donors (Lipinski definition) is 1. The molecule has 3 nitrogen and oxygen atoms in total. The van der Waals surface area contributed by atoms with Crippen LogP contribution in [0.2, 0.25) is 0 Å². The predicted octanol–water partition coefficient (Wildman–Crippen LogP) is 4.54. The van der Waals surface area contributed by atoms with Gasteiger partial charge >= 0.3 is 0 Å². The minimum absolute atomic E-state index is 0.161. The van der Waals surface area contributed by atoms with Crippen molar-refractivity contribution in [3.8, 4) is 0 Å². The molecule has 0 aliphatic carbocycles. The van der Waals surface area contributed by atoms with Crippen LogP contribution in [0.15, 0.2) is 70.0 Å². The Kier molecular flexibility index (Phi) is 3.88. The van der Waals surface area contributed by atoms with E-state index in [1.54, 1.807) is 18.2 Å². The summed E-state index contributed by atoms with van der Waals surface area (Å²) in [4.78, 5) is 0.161. The van der Waals surface area contributed by atoms with Crippen LogP contribution in [0.25, 0.3) is 10.8 Å². The van der Waals surface area contributed by atoms with Gasteiger partial charge in [0, 0.05) is 5.39 Å². The average Bonchev–Trinajstić information content (AvgIpc) is 2.50. The first-order valence-electron chi connectivity index (χ1n) is 6.43. The number of nitrogens with one attached hydrogen (secondary N) is 1. The van der Waals surface area contributed by atoms with Crippen LogP contribution in [-0.2, 0) is 10.0 Å². The van der Waals surface area contributed by atoms with E-state index in [0.717, 1.165) is 11.5 Å². The Hall–Kier alpha value is -1.92. The van der Waals surface area contributed by atoms with Crippen LogP contribution in [-0.4, -0.2) is 8.42 Å². The minimum Gasteiger partial charge on any atom is -0.280 e. The number of sulfonamides is 1. The van der Waals surface area contributed by atoms with Crippen molar-refractivity contribution in [2.75, 3.05) is 4.72 Å². The second kappa shape index (κ2) is 5.70. The molecule has 0 fully saturated rings. The topological polar surface area (TPSA) is 46.2 Å². The molecule has 6 heteroatoms. The summed E-state index contributed by atoms with van der Waals surface area (Å²) in [6.45, 7) is 0. The first-order valence-corrected chi connectivity index (χ1v) is 8.71. The second-order valence-corrected chi connectivity index (χ2v) is 7.22. The van der Waals surface area contributed by atoms with Gasteiger partial charge in [0.25, 0.3) is 10.0 Å². The van der Waals surface area contributed by atoms with Crippen LogP contribution >= 0.6 is 15.9 Å². The summed E-state index contributed by atoms with van der Waals surface area (Å²) in [5.41, 5.74) is 0.175. The number of hydrogen-bond acceptors (Lipinski definition) is 2. The highest BCUT2D eigenvalue weighted by Crippen LogP contribution is 2.26. The zero-order chi connectivity index (χ0) is 15.7. The van der Waals surface area contributed by atoms with Crippen LogP contribution in [0.1, 0.15) is 0 Å². The maximum Gasteiger partial charge on any atom is 0.262 e. The zero-order valence-electron chi connectivity index (χ0n) is 11.3. The van der Waals surface area contributed by atoms with Crippen LogP contribution < -0.4 is 4.72 Å². The molecule has 0 saturated heterocycles. The third kappa shape index (κ3) is 2.84. The number of halogens is 2. The second-order valence-electron chi connectivity index (χ2n) is 4.71. The van der Waals surface area contributed by atoms with Crippen molar-refractivity contribution in [1.29, 1.82) is 0 Å². The Bertz CT molecular complexity index is 952. The lowest BCUT2D eigenvalue weighted by atomic mass is 10.1. The quantitative estimate of drug-likeness (QED) is 0.725. The van der Waals surface area contributed by atoms with Gasteiger partial charge in [0.2, 0.25) is 0 Å². The van der Waals surface area contributed by atoms with Crippen molar-refractivity contribution in [2.45, 2.75) is 4.90 Å². The molecule has 0 atom stereocenters. The summed E-state index contributed by atoms with van der Waals surface area (Å²) in [6.07, 6.45) is 0. The molecule has 3 aromatic carbocycles. The van der Waals surface area contributed by atoms with Gasteiger partial charge in [-0.05, 0) is 45.6 Å². The Morgan fingerprint density at radius 2 is 1.68 bits per heavy atom. The summed E-state index contributed by atoms with van der Waals surface area (Å²) in [5.74, 6) is -0.530. The van der Waals surface area contributed by atoms with Gasteiger partial charge in [-0.3, -0.25) is 4.72 Å². The molecule has 0 bridgehead atoms. The summed E-state index contributed by atoms with van der Waals surface area (Å²) in [5, 5.41) is 1.45. The van der Waals surface area contributed by atoms with E-state index in [2.05, 4.69) is 20.7 Å². The molecule has 0 aromatic heterocycles. The van der Waals surface area contributed by atoms with Gasteiger partial charge in [-0.1, -0.05) is 36.4 Å². The predicted molar refractivity (Wildman–Crippen MR) is 88.9 cm³/mol. The lowest BCUT2D eigenvalue weighted by Crippen LogP contribution is -2.13. The van der Waals surface area contributed by atoms with Crippen LogP contribution in [0, 0.1) is 5.82 Å². The molecule has 3 aromatic rings. The summed E-state index contributed by atoms with van der Waals surface area (Å²) in [6, 6.07) is 16.3. The number of fused-ring (bicyclic) bond motifs is 1. The molecule has 0 aliphatic rings. The standard InChI is InChI=1S/C16H11BrFNO2S/c17-14-9-8-12(10-15(14)18)19-22(20,21)16-7-3-5-11-4-1-2-6-13(11)16/h1-10,19H. The molecule has 0 aliphatic heterocycles. The molecule has 0 heterocycles. The molecule has 112 valence electrons. The fraction of sp³-hybridized carbons (Fsp3) is 0. The Balaban J connectivity index is 2.07. The van der Waals surface area contributed by atoms with Gasteiger partial charge in [-0.2, -0.15) is 0 Å². The van der Waals surface area contributed by atoms with Gasteiger partial charge in [0.05, 0.1) is 15.1 Å². The number of rotatable bonds is 3. The zero-order valence-corrected chi connectivity index (χ0v) is 13.7. The maximum absolute atomic E-state index is 13.5. The lowest BCUT2D eigenvalue weighted by Gasteiger charge is -2.11. The summed E-state index contributed by atoms with van der Waals surface area (Å²) in [7, 11) is -3.80. The Morgan fingerprint density at radius 3 is 2.45 bits per heavy atom. The van der Waals surface area contributed by atoms with Crippen molar-refractivity contribution in [2.24, 2.45) is 0 Å². The SMILES string of the molecule is O=S(=O)(Nc1ccc(Br)c(F)c1)c1cccc2ccccc12. The first kappa shape index (κ1) is 15.0. The molecule has 22 heavy (non-hydrogen) atoms. The number of anilines is 1. The molecule has 0 radical (unpaired) electrons. The van der Waals surface area contributed by atoms with Gasteiger partial charge in [0.15, 0.2) is 0 Å². The van der Waals surface area contributed by atoms with Crippen LogP contribution in [0.5, 0.6) is 0 Å². The van der Waals surface area contributed by atoms with Crippen LogP contribution in [0.4, 0.5) is 10.1 Å². The number of benzene rings is 3. The van der Waals surface area contributed by atoms with Crippen molar-refractivity contribution in [1.82, 2.24) is 0 Å². The molecule has 0 spiro atoms. The Morgan fingerprint density at radius 1 is 0.955 bits per heavy atom. The third-order valence-corrected chi connectivity index (χ3v) is 5.29. The van der Waals surface area contributed by atoms with E-state index in [1.807, 2.05) is 18.2 Å². The normalized spacial score (nSPS) is 11.5. The monoisotopic (exact) mass is 379 g/mol. The summed E-state index contributed by atoms with van der Waals surface area (Å²) < 4.78 is 41.3. The van der Waals surface area contributed by atoms with Gasteiger partial charge in [-0.15, -0.1) is 0 Å². The molecular formula is C16H11BrFNO2S. The van der Waals surface area contributed by atoms with Crippen molar-refractivity contribution in [3.63, 3.8) is 0 Å². The smallest absolute Gasteiger partial charge is 0.262 e. The van der Waals surface area contributed by atoms with E-state index in [1.165, 1.54) is 18.2 Å². The van der Waals surface area contributed by atoms with E-state index >= 15 is 0 Å². The van der Waals surface area contributed by atoms with Gasteiger partial charge < -0.3 is 0 Å². The van der Waals surface area contributed by atoms with E-state index in [9.17, 15) is 12.8 Å². The molecule has 1 N–H and O–H groups in total. The van der Waals surface area contributed by atoms with E-state index in [0.29, 0.717) is 5.39 Å². The van der Waals surface area contributed by atoms with Crippen molar-refractivity contribution < 1.29 is 12.8 Å². The van der Waals surface area contributed by atoms with E-state index in [4.69, 9.17) is 0 Å². The molecule has 0 unspecified atom stereocenters. The summed E-state index contributed by atoms with van der Waals surface area (Å²) >= 11 is 3.03. The average molecular weight is 380 g/mol. The van der Waals surface area contributed by atoms with Gasteiger partial charge in [0.1, 0.15) is 5.82 Å².